The number of nitrogens with two attached hydrogens (primary N) is 1. The molecule has 6 nitrogen and oxygen atoms in total. The molecule has 0 aromatic carbocycles. The van der Waals surface area contributed by atoms with Crippen LogP contribution in [0, 0.1) is 11.8 Å². The minimum absolute atomic E-state index is 0. The van der Waals surface area contributed by atoms with E-state index in [-0.39, 0.29) is 18.3 Å². The second-order valence-electron chi connectivity index (χ2n) is 7.00. The molecule has 26 heavy (non-hydrogen) atoms. The molecule has 9 heteroatoms. The van der Waals surface area contributed by atoms with E-state index >= 15 is 0 Å². The van der Waals surface area contributed by atoms with E-state index in [1.807, 2.05) is 19.9 Å². The molecule has 1 aromatic rings. The number of rotatable bonds is 8. The van der Waals surface area contributed by atoms with Crippen molar-refractivity contribution < 1.29 is 13.2 Å². The van der Waals surface area contributed by atoms with Crippen LogP contribution in [0.2, 0.25) is 0 Å². The first-order valence-corrected chi connectivity index (χ1v) is 11.1. The van der Waals surface area contributed by atoms with E-state index in [9.17, 15) is 13.2 Å². The molecule has 0 spiro atoms. The van der Waals surface area contributed by atoms with Crippen LogP contribution < -0.4 is 11.1 Å². The number of halogens is 1. The van der Waals surface area contributed by atoms with Crippen LogP contribution in [0.3, 0.4) is 0 Å². The smallest absolute Gasteiger partial charge is 0.252 e. The van der Waals surface area contributed by atoms with Crippen LogP contribution in [0.5, 0.6) is 0 Å². The number of piperidine rings is 1. The number of sulfonamides is 1. The number of carbonyl (C=O) groups is 1. The lowest BCUT2D eigenvalue weighted by Gasteiger charge is -2.30. The first-order chi connectivity index (χ1) is 11.8. The van der Waals surface area contributed by atoms with Crippen molar-refractivity contribution in [3.05, 3.63) is 17.0 Å². The van der Waals surface area contributed by atoms with Gasteiger partial charge in [-0.05, 0) is 49.8 Å². The summed E-state index contributed by atoms with van der Waals surface area (Å²) in [5.41, 5.74) is 5.67. The van der Waals surface area contributed by atoms with Crippen LogP contribution in [0.25, 0.3) is 0 Å². The van der Waals surface area contributed by atoms with Gasteiger partial charge >= 0.3 is 0 Å². The Kier molecular flexibility index (Phi) is 9.54. The van der Waals surface area contributed by atoms with Crippen LogP contribution in [-0.4, -0.2) is 44.8 Å². The highest BCUT2D eigenvalue weighted by Crippen LogP contribution is 2.28. The molecule has 2 heterocycles. The molecule has 1 aliphatic rings. The molecule has 1 amide bonds. The van der Waals surface area contributed by atoms with E-state index in [0.29, 0.717) is 55.1 Å². The van der Waals surface area contributed by atoms with Crippen molar-refractivity contribution in [3.8, 4) is 0 Å². The molecule has 1 saturated heterocycles. The molecular formula is C17H30ClN3O3S2. The summed E-state index contributed by atoms with van der Waals surface area (Å²) in [4.78, 5) is 12.6. The van der Waals surface area contributed by atoms with E-state index < -0.39 is 10.0 Å². The highest BCUT2D eigenvalue weighted by atomic mass is 35.5. The molecule has 0 saturated carbocycles. The maximum Gasteiger partial charge on any atom is 0.252 e. The Morgan fingerprint density at radius 3 is 2.58 bits per heavy atom. The second kappa shape index (κ2) is 10.6. The Labute approximate surface area is 167 Å². The molecule has 1 fully saturated rings. The summed E-state index contributed by atoms with van der Waals surface area (Å²) in [6.45, 7) is 6.26. The van der Waals surface area contributed by atoms with Crippen LogP contribution in [0.1, 0.15) is 38.0 Å². The Balaban J connectivity index is 0.00000338. The standard InChI is InChI=1S/C17H29N3O3S2.ClH/c1-13(2)11-16(21)19-8-5-15-3-4-17(24-15)25(22,23)20-9-6-14(12-18)7-10-20;/h3-4,13-14H,5-12,18H2,1-2H3,(H,19,21);1H. The van der Waals surface area contributed by atoms with E-state index in [2.05, 4.69) is 5.32 Å². The molecule has 150 valence electrons. The Bertz CT molecular complexity index is 669. The molecule has 0 aliphatic carbocycles. The fraction of sp³-hybridized carbons (Fsp3) is 0.706. The Hall–Kier alpha value is -0.670. The first kappa shape index (κ1) is 23.4. The van der Waals surface area contributed by atoms with Gasteiger partial charge in [-0.3, -0.25) is 4.79 Å². The molecule has 0 radical (unpaired) electrons. The summed E-state index contributed by atoms with van der Waals surface area (Å²) in [6, 6.07) is 3.53. The monoisotopic (exact) mass is 423 g/mol. The molecule has 1 aromatic heterocycles. The van der Waals surface area contributed by atoms with Gasteiger partial charge in [0, 0.05) is 30.9 Å². The summed E-state index contributed by atoms with van der Waals surface area (Å²) >= 11 is 1.30. The third-order valence-electron chi connectivity index (χ3n) is 4.43. The summed E-state index contributed by atoms with van der Waals surface area (Å²) < 4.78 is 27.4. The fourth-order valence-electron chi connectivity index (χ4n) is 2.91. The maximum absolute atomic E-state index is 12.7. The minimum Gasteiger partial charge on any atom is -0.356 e. The zero-order chi connectivity index (χ0) is 18.4. The van der Waals surface area contributed by atoms with Crippen molar-refractivity contribution >= 4 is 39.7 Å². The second-order valence-corrected chi connectivity index (χ2v) is 10.3. The average Bonchev–Trinajstić information content (AvgIpc) is 3.04. The average molecular weight is 424 g/mol. The number of hydrogen-bond acceptors (Lipinski definition) is 5. The van der Waals surface area contributed by atoms with Gasteiger partial charge in [-0.15, -0.1) is 23.7 Å². The SMILES string of the molecule is CC(C)CC(=O)NCCc1ccc(S(=O)(=O)N2CCC(CN)CC2)s1.Cl. The largest absolute Gasteiger partial charge is 0.356 e. The summed E-state index contributed by atoms with van der Waals surface area (Å²) in [7, 11) is -3.41. The molecule has 0 bridgehead atoms. The van der Waals surface area contributed by atoms with Crippen LogP contribution >= 0.6 is 23.7 Å². The summed E-state index contributed by atoms with van der Waals surface area (Å²) in [5.74, 6) is 0.809. The fourth-order valence-corrected chi connectivity index (χ4v) is 5.89. The normalized spacial score (nSPS) is 16.5. The predicted octanol–water partition coefficient (Wildman–Crippen LogP) is 2.23. The van der Waals surface area contributed by atoms with Gasteiger partial charge in [0.05, 0.1) is 0 Å². The van der Waals surface area contributed by atoms with Crippen molar-refractivity contribution in [3.63, 3.8) is 0 Å². The first-order valence-electron chi connectivity index (χ1n) is 8.88. The molecule has 0 atom stereocenters. The quantitative estimate of drug-likeness (QED) is 0.670. The maximum atomic E-state index is 12.7. The van der Waals surface area contributed by atoms with Gasteiger partial charge in [0.15, 0.2) is 0 Å². The molecule has 2 rings (SSSR count). The van der Waals surface area contributed by atoms with Gasteiger partial charge < -0.3 is 11.1 Å². The van der Waals surface area contributed by atoms with Crippen LogP contribution in [0.15, 0.2) is 16.3 Å². The predicted molar refractivity (Wildman–Crippen MR) is 108 cm³/mol. The number of carbonyl (C=O) groups excluding carboxylic acids is 1. The number of amides is 1. The summed E-state index contributed by atoms with van der Waals surface area (Å²) in [5, 5.41) is 2.88. The number of nitrogens with one attached hydrogen (secondary N) is 1. The van der Waals surface area contributed by atoms with E-state index in [0.717, 1.165) is 17.7 Å². The van der Waals surface area contributed by atoms with Gasteiger partial charge in [0.2, 0.25) is 5.91 Å². The van der Waals surface area contributed by atoms with Gasteiger partial charge in [-0.2, -0.15) is 4.31 Å². The lowest BCUT2D eigenvalue weighted by Crippen LogP contribution is -2.39. The number of hydrogen-bond donors (Lipinski definition) is 2. The zero-order valence-electron chi connectivity index (χ0n) is 15.4. The number of nitrogens with zero attached hydrogens (tertiary/aromatic N) is 1. The molecule has 1 aliphatic heterocycles. The van der Waals surface area contributed by atoms with Gasteiger partial charge in [0.25, 0.3) is 10.0 Å². The van der Waals surface area contributed by atoms with E-state index in [1.165, 1.54) is 11.3 Å². The topological polar surface area (TPSA) is 92.5 Å². The Morgan fingerprint density at radius 1 is 1.35 bits per heavy atom. The molecule has 0 unspecified atom stereocenters. The number of thiophene rings is 1. The lowest BCUT2D eigenvalue weighted by atomic mass is 9.99. The zero-order valence-corrected chi connectivity index (χ0v) is 17.9. The third kappa shape index (κ3) is 6.49. The minimum atomic E-state index is -3.41. The summed E-state index contributed by atoms with van der Waals surface area (Å²) in [6.07, 6.45) is 2.83. The van der Waals surface area contributed by atoms with Gasteiger partial charge in [-0.1, -0.05) is 13.8 Å². The van der Waals surface area contributed by atoms with Gasteiger partial charge in [0.1, 0.15) is 4.21 Å². The van der Waals surface area contributed by atoms with E-state index in [4.69, 9.17) is 5.73 Å². The van der Waals surface area contributed by atoms with Crippen molar-refractivity contribution in [1.82, 2.24) is 9.62 Å². The van der Waals surface area contributed by atoms with Crippen LogP contribution in [0.4, 0.5) is 0 Å². The van der Waals surface area contributed by atoms with Crippen molar-refractivity contribution in [2.24, 2.45) is 17.6 Å². The molecular weight excluding hydrogens is 394 g/mol. The van der Waals surface area contributed by atoms with E-state index in [1.54, 1.807) is 10.4 Å². The van der Waals surface area contributed by atoms with Gasteiger partial charge in [-0.25, -0.2) is 8.42 Å². The Morgan fingerprint density at radius 2 is 2.00 bits per heavy atom. The van der Waals surface area contributed by atoms with Crippen molar-refractivity contribution in [2.45, 2.75) is 43.7 Å². The third-order valence-corrected chi connectivity index (χ3v) is 7.94. The van der Waals surface area contributed by atoms with Crippen molar-refractivity contribution in [2.75, 3.05) is 26.2 Å². The highest BCUT2D eigenvalue weighted by molar-refractivity contribution is 7.91. The van der Waals surface area contributed by atoms with Crippen molar-refractivity contribution in [1.29, 1.82) is 0 Å². The van der Waals surface area contributed by atoms with Crippen LogP contribution in [-0.2, 0) is 21.2 Å². The highest BCUT2D eigenvalue weighted by Gasteiger charge is 2.30. The lowest BCUT2D eigenvalue weighted by molar-refractivity contribution is -0.121. The molecule has 3 N–H and O–H groups in total.